The first kappa shape index (κ1) is 13.0. The average molecular weight is 243 g/mol. The minimum Gasteiger partial charge on any atom is -0.327 e. The van der Waals surface area contributed by atoms with Crippen molar-refractivity contribution in [2.45, 2.75) is 40.2 Å². The van der Waals surface area contributed by atoms with E-state index in [0.717, 1.165) is 17.8 Å². The highest BCUT2D eigenvalue weighted by atomic mass is 15.1. The van der Waals surface area contributed by atoms with E-state index in [1.165, 1.54) is 10.8 Å². The van der Waals surface area contributed by atoms with Crippen LogP contribution in [0.4, 0.5) is 0 Å². The maximum Gasteiger partial charge on any atom is 0.0725 e. The van der Waals surface area contributed by atoms with E-state index in [2.05, 4.69) is 43.1 Å². The van der Waals surface area contributed by atoms with Crippen LogP contribution in [-0.4, -0.2) is 16.2 Å². The molecule has 0 aliphatic carbocycles. The Bertz CT molecular complexity index is 555. The fourth-order valence-corrected chi connectivity index (χ4v) is 1.96. The van der Waals surface area contributed by atoms with Crippen molar-refractivity contribution in [2.24, 2.45) is 11.1 Å². The lowest BCUT2D eigenvalue weighted by Gasteiger charge is -2.26. The number of hydrogen-bond acceptors (Lipinski definition) is 3. The van der Waals surface area contributed by atoms with Gasteiger partial charge in [-0.05, 0) is 12.3 Å². The van der Waals surface area contributed by atoms with Crippen LogP contribution < -0.4 is 5.73 Å². The third kappa shape index (κ3) is 2.51. The van der Waals surface area contributed by atoms with Crippen molar-refractivity contribution >= 4 is 10.8 Å². The van der Waals surface area contributed by atoms with Gasteiger partial charge in [-0.15, -0.1) is 0 Å². The second kappa shape index (κ2) is 4.65. The lowest BCUT2D eigenvalue weighted by Crippen LogP contribution is -2.37. The van der Waals surface area contributed by atoms with Gasteiger partial charge in [-0.1, -0.05) is 45.0 Å². The fraction of sp³-hybridized carbons (Fsp3) is 0.467. The minimum atomic E-state index is 0.0771. The number of rotatable bonds is 2. The van der Waals surface area contributed by atoms with Crippen LogP contribution in [0.2, 0.25) is 0 Å². The molecule has 0 amide bonds. The molecular formula is C15H21N3. The number of nitrogens with two attached hydrogens (primary N) is 1. The first-order chi connectivity index (χ1) is 8.39. The van der Waals surface area contributed by atoms with Crippen LogP contribution in [0.15, 0.2) is 24.3 Å². The number of fused-ring (bicyclic) bond motifs is 1. The predicted molar refractivity (Wildman–Crippen MR) is 75.4 cm³/mol. The molecule has 0 bridgehead atoms. The summed E-state index contributed by atoms with van der Waals surface area (Å²) in [5.74, 6) is 0. The smallest absolute Gasteiger partial charge is 0.0725 e. The molecule has 2 aromatic rings. The maximum atomic E-state index is 6.24. The molecule has 2 rings (SSSR count). The lowest BCUT2D eigenvalue weighted by molar-refractivity contribution is 0.317. The van der Waals surface area contributed by atoms with Crippen molar-refractivity contribution in [1.29, 1.82) is 0 Å². The quantitative estimate of drug-likeness (QED) is 0.882. The topological polar surface area (TPSA) is 51.8 Å². The summed E-state index contributed by atoms with van der Waals surface area (Å²) in [7, 11) is 0. The molecule has 1 unspecified atom stereocenters. The van der Waals surface area contributed by atoms with E-state index in [1.807, 2.05) is 19.1 Å². The average Bonchev–Trinajstić information content (AvgIpc) is 2.32. The Hall–Kier alpha value is -1.48. The van der Waals surface area contributed by atoms with Crippen LogP contribution in [-0.2, 0) is 6.42 Å². The highest BCUT2D eigenvalue weighted by molar-refractivity contribution is 5.86. The molecule has 0 aliphatic heterocycles. The van der Waals surface area contributed by atoms with Gasteiger partial charge in [0, 0.05) is 23.2 Å². The Morgan fingerprint density at radius 3 is 2.33 bits per heavy atom. The van der Waals surface area contributed by atoms with Crippen molar-refractivity contribution in [1.82, 2.24) is 10.2 Å². The van der Waals surface area contributed by atoms with E-state index in [-0.39, 0.29) is 11.5 Å². The highest BCUT2D eigenvalue weighted by Gasteiger charge is 2.22. The van der Waals surface area contributed by atoms with E-state index in [0.29, 0.717) is 0 Å². The van der Waals surface area contributed by atoms with Crippen molar-refractivity contribution in [3.63, 3.8) is 0 Å². The Labute approximate surface area is 108 Å². The Morgan fingerprint density at radius 1 is 1.11 bits per heavy atom. The van der Waals surface area contributed by atoms with Crippen molar-refractivity contribution in [3.05, 3.63) is 35.7 Å². The summed E-state index contributed by atoms with van der Waals surface area (Å²) in [6.07, 6.45) is 0.761. The van der Waals surface area contributed by atoms with Crippen LogP contribution in [0.5, 0.6) is 0 Å². The van der Waals surface area contributed by atoms with Gasteiger partial charge in [-0.3, -0.25) is 0 Å². The van der Waals surface area contributed by atoms with Crippen LogP contribution in [0.1, 0.15) is 32.2 Å². The van der Waals surface area contributed by atoms with Gasteiger partial charge in [0.15, 0.2) is 0 Å². The largest absolute Gasteiger partial charge is 0.327 e. The van der Waals surface area contributed by atoms with Crippen molar-refractivity contribution in [3.8, 4) is 0 Å². The van der Waals surface area contributed by atoms with Gasteiger partial charge in [0.25, 0.3) is 0 Å². The molecule has 0 saturated carbocycles. The van der Waals surface area contributed by atoms with E-state index >= 15 is 0 Å². The molecule has 0 fully saturated rings. The molecule has 0 aliphatic rings. The van der Waals surface area contributed by atoms with E-state index < -0.39 is 0 Å². The first-order valence-electron chi connectivity index (χ1n) is 6.36. The molecule has 1 atom stereocenters. The monoisotopic (exact) mass is 243 g/mol. The molecule has 96 valence electrons. The van der Waals surface area contributed by atoms with Crippen LogP contribution >= 0.6 is 0 Å². The Morgan fingerprint density at radius 2 is 1.72 bits per heavy atom. The summed E-state index contributed by atoms with van der Waals surface area (Å²) < 4.78 is 0. The summed E-state index contributed by atoms with van der Waals surface area (Å²) in [5.41, 5.74) is 8.29. The second-order valence-corrected chi connectivity index (χ2v) is 5.95. The third-order valence-corrected chi connectivity index (χ3v) is 3.47. The molecular weight excluding hydrogens is 222 g/mol. The fourth-order valence-electron chi connectivity index (χ4n) is 1.96. The van der Waals surface area contributed by atoms with Gasteiger partial charge in [-0.25, -0.2) is 0 Å². The Balaban J connectivity index is 2.44. The van der Waals surface area contributed by atoms with Gasteiger partial charge in [0.05, 0.1) is 11.4 Å². The first-order valence-corrected chi connectivity index (χ1v) is 6.36. The van der Waals surface area contributed by atoms with Crippen molar-refractivity contribution in [2.75, 3.05) is 0 Å². The summed E-state index contributed by atoms with van der Waals surface area (Å²) in [4.78, 5) is 0. The second-order valence-electron chi connectivity index (χ2n) is 5.95. The molecule has 1 heterocycles. The van der Waals surface area contributed by atoms with Gasteiger partial charge in [-0.2, -0.15) is 10.2 Å². The molecule has 0 saturated heterocycles. The molecule has 1 aromatic carbocycles. The van der Waals surface area contributed by atoms with Gasteiger partial charge < -0.3 is 5.73 Å². The zero-order valence-corrected chi connectivity index (χ0v) is 11.6. The van der Waals surface area contributed by atoms with Gasteiger partial charge >= 0.3 is 0 Å². The van der Waals surface area contributed by atoms with Crippen LogP contribution in [0.25, 0.3) is 10.8 Å². The summed E-state index contributed by atoms with van der Waals surface area (Å²) in [6.45, 7) is 8.45. The van der Waals surface area contributed by atoms with Gasteiger partial charge in [0.2, 0.25) is 0 Å². The molecule has 3 nitrogen and oxygen atoms in total. The predicted octanol–water partition coefficient (Wildman–Crippen LogP) is 2.85. The lowest BCUT2D eigenvalue weighted by atomic mass is 9.84. The minimum absolute atomic E-state index is 0.0771. The number of aromatic nitrogens is 2. The highest BCUT2D eigenvalue weighted by Crippen LogP contribution is 2.24. The standard InChI is InChI=1S/C15H21N3/c1-10-11-7-5-6-8-12(11)13(18-17-10)9-14(16)15(2,3)4/h5-8,14H,9,16H2,1-4H3. The van der Waals surface area contributed by atoms with E-state index in [1.54, 1.807) is 0 Å². The summed E-state index contributed by atoms with van der Waals surface area (Å²) in [5, 5.41) is 10.9. The van der Waals surface area contributed by atoms with E-state index in [4.69, 9.17) is 5.73 Å². The molecule has 0 radical (unpaired) electrons. The number of hydrogen-bond donors (Lipinski definition) is 1. The Kier molecular flexibility index (Phi) is 3.35. The van der Waals surface area contributed by atoms with E-state index in [9.17, 15) is 0 Å². The zero-order valence-electron chi connectivity index (χ0n) is 11.6. The molecule has 3 heteroatoms. The zero-order chi connectivity index (χ0) is 13.3. The molecule has 2 N–H and O–H groups in total. The summed E-state index contributed by atoms with van der Waals surface area (Å²) >= 11 is 0. The normalized spacial score (nSPS) is 13.8. The molecule has 0 spiro atoms. The van der Waals surface area contributed by atoms with Crippen LogP contribution in [0.3, 0.4) is 0 Å². The number of nitrogens with zero attached hydrogens (tertiary/aromatic N) is 2. The molecule has 18 heavy (non-hydrogen) atoms. The van der Waals surface area contributed by atoms with Gasteiger partial charge in [0.1, 0.15) is 0 Å². The third-order valence-electron chi connectivity index (χ3n) is 3.47. The van der Waals surface area contributed by atoms with Crippen LogP contribution in [0, 0.1) is 12.3 Å². The van der Waals surface area contributed by atoms with Crippen molar-refractivity contribution < 1.29 is 0 Å². The SMILES string of the molecule is Cc1nnc(CC(N)C(C)(C)C)c2ccccc12. The maximum absolute atomic E-state index is 6.24. The molecule has 1 aromatic heterocycles. The number of benzene rings is 1. The number of aryl methyl sites for hydroxylation is 1. The summed E-state index contributed by atoms with van der Waals surface area (Å²) in [6, 6.07) is 8.34.